The van der Waals surface area contributed by atoms with Crippen LogP contribution < -0.4 is 0 Å². The van der Waals surface area contributed by atoms with Gasteiger partial charge in [0.2, 0.25) is 0 Å². The molecule has 5 nitrogen and oxygen atoms in total. The second-order valence-electron chi connectivity index (χ2n) is 5.08. The molecule has 1 aliphatic rings. The number of benzene rings is 1. The lowest BCUT2D eigenvalue weighted by molar-refractivity contribution is 0.0792. The highest BCUT2D eigenvalue weighted by Gasteiger charge is 2.27. The van der Waals surface area contributed by atoms with Crippen molar-refractivity contribution in [1.82, 2.24) is 19.7 Å². The third kappa shape index (κ3) is 2.56. The number of hydrogen-bond acceptors (Lipinski definition) is 4. The second-order valence-corrected chi connectivity index (χ2v) is 5.08. The molecule has 0 radical (unpaired) electrons. The normalized spacial score (nSPS) is 16.5. The van der Waals surface area contributed by atoms with Crippen LogP contribution in [0.3, 0.4) is 0 Å². The summed E-state index contributed by atoms with van der Waals surface area (Å²) < 4.78 is 28.1. The summed E-state index contributed by atoms with van der Waals surface area (Å²) in [6, 6.07) is 2.80. The fourth-order valence-corrected chi connectivity index (χ4v) is 2.47. The molecule has 0 aliphatic carbocycles. The first kappa shape index (κ1) is 13.8. The molecule has 1 aromatic heterocycles. The number of hydrogen-bond donors (Lipinski definition) is 0. The molecular formula is C14H14F2N4O. The lowest BCUT2D eigenvalue weighted by Crippen LogP contribution is -2.43. The van der Waals surface area contributed by atoms with Crippen LogP contribution >= 0.6 is 0 Å². The highest BCUT2D eigenvalue weighted by Crippen LogP contribution is 2.17. The SMILES string of the molecule is CC(C(=O)c1ccc(F)c(F)c1)N1CCn2cnnc2C1. The number of carbonyl (C=O) groups excluding carboxylic acids is 1. The van der Waals surface area contributed by atoms with Gasteiger partial charge in [0.05, 0.1) is 12.6 Å². The van der Waals surface area contributed by atoms with Gasteiger partial charge >= 0.3 is 0 Å². The Kier molecular flexibility index (Phi) is 3.50. The summed E-state index contributed by atoms with van der Waals surface area (Å²) in [5.74, 6) is -1.40. The Labute approximate surface area is 120 Å². The van der Waals surface area contributed by atoms with Gasteiger partial charge in [-0.3, -0.25) is 9.69 Å². The van der Waals surface area contributed by atoms with E-state index in [9.17, 15) is 13.6 Å². The molecule has 0 saturated carbocycles. The Morgan fingerprint density at radius 3 is 2.86 bits per heavy atom. The smallest absolute Gasteiger partial charge is 0.179 e. The van der Waals surface area contributed by atoms with Gasteiger partial charge in [-0.25, -0.2) is 8.78 Å². The number of carbonyl (C=O) groups is 1. The fourth-order valence-electron chi connectivity index (χ4n) is 2.47. The van der Waals surface area contributed by atoms with Crippen molar-refractivity contribution in [2.45, 2.75) is 26.1 Å². The molecule has 3 rings (SSSR count). The van der Waals surface area contributed by atoms with Gasteiger partial charge in [0.25, 0.3) is 0 Å². The molecule has 0 bridgehead atoms. The van der Waals surface area contributed by atoms with Crippen molar-refractivity contribution in [2.75, 3.05) is 6.54 Å². The number of halogens is 2. The van der Waals surface area contributed by atoms with Crippen molar-refractivity contribution in [1.29, 1.82) is 0 Å². The van der Waals surface area contributed by atoms with Gasteiger partial charge in [0.1, 0.15) is 12.2 Å². The monoisotopic (exact) mass is 292 g/mol. The van der Waals surface area contributed by atoms with Crippen LogP contribution in [0.15, 0.2) is 24.5 Å². The van der Waals surface area contributed by atoms with Crippen LogP contribution in [0, 0.1) is 11.6 Å². The van der Waals surface area contributed by atoms with Gasteiger partial charge in [0, 0.05) is 18.7 Å². The first-order chi connectivity index (χ1) is 10.1. The van der Waals surface area contributed by atoms with E-state index in [-0.39, 0.29) is 11.3 Å². The molecule has 0 saturated heterocycles. The molecule has 7 heteroatoms. The van der Waals surface area contributed by atoms with E-state index >= 15 is 0 Å². The molecule has 1 atom stereocenters. The largest absolute Gasteiger partial charge is 0.315 e. The Balaban J connectivity index is 1.77. The summed E-state index contributed by atoms with van der Waals surface area (Å²) in [4.78, 5) is 14.3. The zero-order valence-electron chi connectivity index (χ0n) is 11.5. The molecule has 1 aromatic carbocycles. The van der Waals surface area contributed by atoms with Crippen LogP contribution in [0.25, 0.3) is 0 Å². The molecule has 0 spiro atoms. The molecule has 110 valence electrons. The average molecular weight is 292 g/mol. The fraction of sp³-hybridized carbons (Fsp3) is 0.357. The molecule has 2 heterocycles. The van der Waals surface area contributed by atoms with Gasteiger partial charge in [-0.15, -0.1) is 10.2 Å². The van der Waals surface area contributed by atoms with Gasteiger partial charge in [-0.05, 0) is 25.1 Å². The van der Waals surface area contributed by atoms with Crippen LogP contribution in [0.5, 0.6) is 0 Å². The van der Waals surface area contributed by atoms with Crippen molar-refractivity contribution in [3.8, 4) is 0 Å². The molecule has 1 unspecified atom stereocenters. The number of nitrogens with zero attached hydrogens (tertiary/aromatic N) is 4. The predicted octanol–water partition coefficient (Wildman–Crippen LogP) is 1.64. The van der Waals surface area contributed by atoms with E-state index in [1.807, 2.05) is 9.47 Å². The number of Topliss-reactive ketones (excluding diaryl/α,β-unsaturated/α-hetero) is 1. The molecule has 2 aromatic rings. The third-order valence-electron chi connectivity index (χ3n) is 3.80. The zero-order valence-corrected chi connectivity index (χ0v) is 11.5. The van der Waals surface area contributed by atoms with E-state index in [1.165, 1.54) is 6.07 Å². The number of ketones is 1. The maximum atomic E-state index is 13.2. The Bertz CT molecular complexity index is 685. The summed E-state index contributed by atoms with van der Waals surface area (Å²) in [7, 11) is 0. The summed E-state index contributed by atoms with van der Waals surface area (Å²) >= 11 is 0. The van der Waals surface area contributed by atoms with Crippen LogP contribution in [0.4, 0.5) is 8.78 Å². The number of rotatable bonds is 3. The quantitative estimate of drug-likeness (QED) is 0.807. The standard InChI is InChI=1S/C14H14F2N4O/c1-9(14(21)10-2-3-11(15)12(16)6-10)19-4-5-20-8-17-18-13(20)7-19/h2-3,6,8-9H,4-5,7H2,1H3. The molecule has 1 aliphatic heterocycles. The average Bonchev–Trinajstić information content (AvgIpc) is 2.96. The topological polar surface area (TPSA) is 51.0 Å². The summed E-state index contributed by atoms with van der Waals surface area (Å²) in [5.41, 5.74) is 0.174. The minimum absolute atomic E-state index is 0.174. The molecule has 21 heavy (non-hydrogen) atoms. The predicted molar refractivity (Wildman–Crippen MR) is 70.6 cm³/mol. The molecule has 0 amide bonds. The van der Waals surface area contributed by atoms with Crippen molar-refractivity contribution in [3.05, 3.63) is 47.5 Å². The van der Waals surface area contributed by atoms with E-state index in [1.54, 1.807) is 13.3 Å². The maximum Gasteiger partial charge on any atom is 0.179 e. The Morgan fingerprint density at radius 2 is 2.10 bits per heavy atom. The van der Waals surface area contributed by atoms with Crippen LogP contribution in [0.2, 0.25) is 0 Å². The van der Waals surface area contributed by atoms with Gasteiger partial charge < -0.3 is 4.57 Å². The Morgan fingerprint density at radius 1 is 1.29 bits per heavy atom. The van der Waals surface area contributed by atoms with Crippen molar-refractivity contribution in [2.24, 2.45) is 0 Å². The highest BCUT2D eigenvalue weighted by atomic mass is 19.2. The van der Waals surface area contributed by atoms with E-state index in [2.05, 4.69) is 10.2 Å². The van der Waals surface area contributed by atoms with Gasteiger partial charge in [0.15, 0.2) is 17.4 Å². The first-order valence-electron chi connectivity index (χ1n) is 6.66. The lowest BCUT2D eigenvalue weighted by Gasteiger charge is -2.31. The van der Waals surface area contributed by atoms with E-state index < -0.39 is 17.7 Å². The highest BCUT2D eigenvalue weighted by molar-refractivity contribution is 5.99. The number of fused-ring (bicyclic) bond motifs is 1. The minimum Gasteiger partial charge on any atom is -0.315 e. The zero-order chi connectivity index (χ0) is 15.0. The minimum atomic E-state index is -1.01. The van der Waals surface area contributed by atoms with E-state index in [4.69, 9.17) is 0 Å². The van der Waals surface area contributed by atoms with Crippen LogP contribution in [-0.2, 0) is 13.1 Å². The first-order valence-corrected chi connectivity index (χ1v) is 6.66. The van der Waals surface area contributed by atoms with Crippen molar-refractivity contribution >= 4 is 5.78 Å². The van der Waals surface area contributed by atoms with Crippen molar-refractivity contribution in [3.63, 3.8) is 0 Å². The third-order valence-corrected chi connectivity index (χ3v) is 3.80. The number of aromatic nitrogens is 3. The summed E-state index contributed by atoms with van der Waals surface area (Å²) in [5, 5.41) is 7.83. The summed E-state index contributed by atoms with van der Waals surface area (Å²) in [6.45, 7) is 3.66. The molecular weight excluding hydrogens is 278 g/mol. The summed E-state index contributed by atoms with van der Waals surface area (Å²) in [6.07, 6.45) is 1.66. The second kappa shape index (κ2) is 5.33. The maximum absolute atomic E-state index is 13.2. The van der Waals surface area contributed by atoms with Gasteiger partial charge in [-0.1, -0.05) is 0 Å². The van der Waals surface area contributed by atoms with E-state index in [0.717, 1.165) is 18.0 Å². The van der Waals surface area contributed by atoms with Crippen molar-refractivity contribution < 1.29 is 13.6 Å². The van der Waals surface area contributed by atoms with Crippen LogP contribution in [0.1, 0.15) is 23.1 Å². The lowest BCUT2D eigenvalue weighted by atomic mass is 10.0. The Hall–Kier alpha value is -2.15. The van der Waals surface area contributed by atoms with E-state index in [0.29, 0.717) is 19.6 Å². The molecule has 0 N–H and O–H groups in total. The molecule has 0 fully saturated rings. The van der Waals surface area contributed by atoms with Gasteiger partial charge in [-0.2, -0.15) is 0 Å². The van der Waals surface area contributed by atoms with Crippen LogP contribution in [-0.4, -0.2) is 38.0 Å².